The Balaban J connectivity index is 2.77. The molecule has 0 heteroatoms. The highest BCUT2D eigenvalue weighted by atomic mass is 14.0. The lowest BCUT2D eigenvalue weighted by molar-refractivity contribution is 0.647. The number of hydrogen-bond acceptors (Lipinski definition) is 0. The van der Waals surface area contributed by atoms with E-state index in [0.29, 0.717) is 5.92 Å². The van der Waals surface area contributed by atoms with Gasteiger partial charge < -0.3 is 0 Å². The van der Waals surface area contributed by atoms with Crippen LogP contribution in [0.4, 0.5) is 0 Å². The highest BCUT2D eigenvalue weighted by Crippen LogP contribution is 2.05. The molecule has 1 rings (SSSR count). The van der Waals surface area contributed by atoms with E-state index in [9.17, 15) is 0 Å². The van der Waals surface area contributed by atoms with Crippen molar-refractivity contribution < 1.29 is 1.37 Å². The van der Waals surface area contributed by atoms with Gasteiger partial charge in [0.2, 0.25) is 0 Å². The predicted molar refractivity (Wildman–Crippen MR) is 45.0 cm³/mol. The Bertz CT molecular complexity index is 203. The molecule has 10 heavy (non-hydrogen) atoms. The van der Waals surface area contributed by atoms with Gasteiger partial charge in [-0.1, -0.05) is 44.2 Å². The third kappa shape index (κ3) is 2.22. The van der Waals surface area contributed by atoms with Crippen molar-refractivity contribution in [2.24, 2.45) is 5.92 Å². The van der Waals surface area contributed by atoms with E-state index in [1.165, 1.54) is 0 Å². The van der Waals surface area contributed by atoms with E-state index in [1.54, 1.807) is 0 Å². The largest absolute Gasteiger partial charge is 0.0625 e. The summed E-state index contributed by atoms with van der Waals surface area (Å²) in [5.41, 5.74) is 1.11. The first-order valence-corrected chi connectivity index (χ1v) is 3.69. The van der Waals surface area contributed by atoms with Crippen LogP contribution < -0.4 is 0 Å². The quantitative estimate of drug-likeness (QED) is 0.586. The van der Waals surface area contributed by atoms with Gasteiger partial charge in [-0.05, 0) is 17.9 Å². The van der Waals surface area contributed by atoms with Crippen LogP contribution >= 0.6 is 0 Å². The number of rotatable bonds is 2. The summed E-state index contributed by atoms with van der Waals surface area (Å²) < 4.78 is 7.77. The van der Waals surface area contributed by atoms with Crippen molar-refractivity contribution in [1.82, 2.24) is 0 Å². The van der Waals surface area contributed by atoms with Gasteiger partial charge in [0.25, 0.3) is 0 Å². The normalized spacial score (nSPS) is 14.9. The summed E-state index contributed by atoms with van der Waals surface area (Å²) in [5.74, 6) is 0.400. The van der Waals surface area contributed by atoms with Crippen LogP contribution in [-0.2, 0) is 6.40 Å². The van der Waals surface area contributed by atoms with Gasteiger partial charge >= 0.3 is 0 Å². The molecular weight excluding hydrogens is 120 g/mol. The molecule has 0 radical (unpaired) electrons. The Hall–Kier alpha value is -0.780. The van der Waals surface area contributed by atoms with Crippen LogP contribution in [0.5, 0.6) is 0 Å². The summed E-state index contributed by atoms with van der Waals surface area (Å²) in [6.07, 6.45) is -0.0730. The second kappa shape index (κ2) is 3.40. The maximum absolute atomic E-state index is 7.77. The molecule has 0 N–H and O–H groups in total. The fraction of sp³-hybridized carbons (Fsp3) is 0.400. The van der Waals surface area contributed by atoms with E-state index in [1.807, 2.05) is 30.3 Å². The molecule has 0 heterocycles. The van der Waals surface area contributed by atoms with E-state index in [4.69, 9.17) is 1.37 Å². The molecule has 0 saturated carbocycles. The molecule has 1 aromatic carbocycles. The monoisotopic (exact) mass is 136 g/mol. The summed E-state index contributed by atoms with van der Waals surface area (Å²) in [4.78, 5) is 0. The summed E-state index contributed by atoms with van der Waals surface area (Å²) in [5, 5.41) is 0. The zero-order valence-corrected chi connectivity index (χ0v) is 6.54. The van der Waals surface area contributed by atoms with Crippen molar-refractivity contribution in [3.8, 4) is 0 Å². The van der Waals surface area contributed by atoms with Crippen LogP contribution in [0.25, 0.3) is 0 Å². The Morgan fingerprint density at radius 1 is 1.30 bits per heavy atom. The average molecular weight is 136 g/mol. The van der Waals surface area contributed by atoms with Gasteiger partial charge in [0.15, 0.2) is 0 Å². The number of hydrogen-bond donors (Lipinski definition) is 0. The highest BCUT2D eigenvalue weighted by Gasteiger charge is 1.94. The first kappa shape index (κ1) is 5.96. The lowest BCUT2D eigenvalue weighted by atomic mass is 10.0. The molecular formula is C10H14. The highest BCUT2D eigenvalue weighted by molar-refractivity contribution is 5.14. The summed E-state index contributed by atoms with van der Waals surface area (Å²) in [6.45, 7) is 4.15. The van der Waals surface area contributed by atoms with Gasteiger partial charge in [0, 0.05) is 1.37 Å². The second-order valence-corrected chi connectivity index (χ2v) is 2.82. The minimum Gasteiger partial charge on any atom is -0.0625 e. The van der Waals surface area contributed by atoms with Gasteiger partial charge in [-0.25, -0.2) is 0 Å². The van der Waals surface area contributed by atoms with Crippen LogP contribution in [0, 0.1) is 5.92 Å². The standard InChI is InChI=1S/C10H14/c1-9(2)8-10-6-4-3-5-7-10/h3-7,9H,8H2,1-2H3/i8T. The Morgan fingerprint density at radius 2 is 1.90 bits per heavy atom. The van der Waals surface area contributed by atoms with E-state index in [-0.39, 0.29) is 6.40 Å². The molecule has 54 valence electrons. The van der Waals surface area contributed by atoms with Gasteiger partial charge in [0.05, 0.1) is 0 Å². The fourth-order valence-electron chi connectivity index (χ4n) is 0.949. The van der Waals surface area contributed by atoms with Crippen LogP contribution in [0.3, 0.4) is 0 Å². The van der Waals surface area contributed by atoms with Crippen molar-refractivity contribution in [2.75, 3.05) is 0 Å². The molecule has 1 aromatic rings. The Morgan fingerprint density at radius 3 is 2.40 bits per heavy atom. The van der Waals surface area contributed by atoms with E-state index < -0.39 is 0 Å². The summed E-state index contributed by atoms with van der Waals surface area (Å²) >= 11 is 0. The molecule has 0 aliphatic rings. The maximum atomic E-state index is 7.77. The first-order chi connectivity index (χ1) is 5.22. The molecule has 1 atom stereocenters. The molecule has 0 saturated heterocycles. The second-order valence-electron chi connectivity index (χ2n) is 2.82. The van der Waals surface area contributed by atoms with Crippen molar-refractivity contribution in [2.45, 2.75) is 20.2 Å². The van der Waals surface area contributed by atoms with Crippen molar-refractivity contribution in [3.05, 3.63) is 35.9 Å². The fourth-order valence-corrected chi connectivity index (χ4v) is 0.949. The predicted octanol–water partition coefficient (Wildman–Crippen LogP) is 2.89. The smallest absolute Gasteiger partial charge is 0.0319 e. The molecule has 0 nitrogen and oxygen atoms in total. The lowest BCUT2D eigenvalue weighted by Crippen LogP contribution is -1.92. The van der Waals surface area contributed by atoms with Crippen molar-refractivity contribution >= 4 is 0 Å². The van der Waals surface area contributed by atoms with E-state index in [0.717, 1.165) is 5.56 Å². The molecule has 1 unspecified atom stereocenters. The van der Waals surface area contributed by atoms with Crippen molar-refractivity contribution in [1.29, 1.82) is 0 Å². The molecule has 0 fully saturated rings. The molecule has 0 aliphatic carbocycles. The molecule has 0 aromatic heterocycles. The molecule has 0 aliphatic heterocycles. The lowest BCUT2D eigenvalue weighted by Gasteiger charge is -2.02. The Kier molecular flexibility index (Phi) is 2.03. The van der Waals surface area contributed by atoms with Crippen LogP contribution in [-0.4, -0.2) is 0 Å². The zero-order valence-electron chi connectivity index (χ0n) is 7.54. The minimum absolute atomic E-state index is 0.0730. The van der Waals surface area contributed by atoms with E-state index >= 15 is 0 Å². The maximum Gasteiger partial charge on any atom is 0.0319 e. The zero-order chi connectivity index (χ0) is 8.27. The summed E-state index contributed by atoms with van der Waals surface area (Å²) in [6, 6.07) is 9.98. The van der Waals surface area contributed by atoms with Crippen LogP contribution in [0.15, 0.2) is 30.3 Å². The molecule has 0 amide bonds. The van der Waals surface area contributed by atoms with Gasteiger partial charge in [-0.2, -0.15) is 0 Å². The average Bonchev–Trinajstić information content (AvgIpc) is 2.05. The number of benzene rings is 1. The third-order valence-corrected chi connectivity index (χ3v) is 1.33. The van der Waals surface area contributed by atoms with Gasteiger partial charge in [-0.3, -0.25) is 0 Å². The molecule has 0 bridgehead atoms. The van der Waals surface area contributed by atoms with Crippen LogP contribution in [0.1, 0.15) is 20.8 Å². The van der Waals surface area contributed by atoms with Gasteiger partial charge in [0.1, 0.15) is 0 Å². The Labute approximate surface area is 64.3 Å². The minimum atomic E-state index is -0.0730. The topological polar surface area (TPSA) is 0 Å². The summed E-state index contributed by atoms with van der Waals surface area (Å²) in [7, 11) is 0. The van der Waals surface area contributed by atoms with E-state index in [2.05, 4.69) is 13.8 Å². The van der Waals surface area contributed by atoms with Crippen LogP contribution in [0.2, 0.25) is 0 Å². The first-order valence-electron chi connectivity index (χ1n) is 4.26. The third-order valence-electron chi connectivity index (χ3n) is 1.33. The molecule has 0 spiro atoms. The SMILES string of the molecule is [3H]C(c1ccccc1)C(C)C. The van der Waals surface area contributed by atoms with Crippen molar-refractivity contribution in [3.63, 3.8) is 0 Å². The van der Waals surface area contributed by atoms with Gasteiger partial charge in [-0.15, -0.1) is 0 Å².